The number of aromatic nitrogens is 2. The lowest BCUT2D eigenvalue weighted by atomic mass is 10.2. The molecule has 11 heteroatoms. The SMILES string of the molecule is Cc1ccc(C(=O)N2CCN(CC(=O)Nc3ccc4nc(C(F)(F)F)[nH]c4c3)CC2)o1. The number of fused-ring (bicyclic) bond motifs is 1. The Morgan fingerprint density at radius 3 is 2.55 bits per heavy atom. The molecule has 3 aromatic rings. The molecule has 0 bridgehead atoms. The largest absolute Gasteiger partial charge is 0.456 e. The minimum Gasteiger partial charge on any atom is -0.456 e. The zero-order valence-electron chi connectivity index (χ0n) is 16.6. The van der Waals surface area contributed by atoms with Gasteiger partial charge in [0.2, 0.25) is 11.7 Å². The van der Waals surface area contributed by atoms with Gasteiger partial charge < -0.3 is 19.6 Å². The van der Waals surface area contributed by atoms with Crippen molar-refractivity contribution in [3.8, 4) is 0 Å². The van der Waals surface area contributed by atoms with Crippen LogP contribution in [0.25, 0.3) is 11.0 Å². The molecule has 0 aliphatic carbocycles. The van der Waals surface area contributed by atoms with Gasteiger partial charge in [-0.1, -0.05) is 0 Å². The van der Waals surface area contributed by atoms with E-state index in [9.17, 15) is 22.8 Å². The number of carbonyl (C=O) groups excluding carboxylic acids is 2. The summed E-state index contributed by atoms with van der Waals surface area (Å²) in [5.74, 6) is -0.587. The number of furan rings is 1. The molecule has 0 atom stereocenters. The maximum absolute atomic E-state index is 12.8. The van der Waals surface area contributed by atoms with Gasteiger partial charge >= 0.3 is 6.18 Å². The number of hydrogen-bond donors (Lipinski definition) is 2. The Hall–Kier alpha value is -3.34. The summed E-state index contributed by atoms with van der Waals surface area (Å²) in [5, 5.41) is 2.69. The molecule has 2 N–H and O–H groups in total. The molecule has 2 amide bonds. The van der Waals surface area contributed by atoms with Crippen molar-refractivity contribution in [2.75, 3.05) is 38.0 Å². The third-order valence-electron chi connectivity index (χ3n) is 5.01. The topological polar surface area (TPSA) is 94.5 Å². The van der Waals surface area contributed by atoms with Gasteiger partial charge in [-0.25, -0.2) is 4.98 Å². The first-order valence-electron chi connectivity index (χ1n) is 9.64. The molecule has 31 heavy (non-hydrogen) atoms. The quantitative estimate of drug-likeness (QED) is 0.657. The average molecular weight is 435 g/mol. The molecule has 1 fully saturated rings. The molecule has 4 rings (SSSR count). The van der Waals surface area contributed by atoms with Crippen molar-refractivity contribution in [3.05, 3.63) is 47.7 Å². The third-order valence-corrected chi connectivity index (χ3v) is 5.01. The third kappa shape index (κ3) is 4.71. The molecule has 0 unspecified atom stereocenters. The number of amides is 2. The molecule has 1 saturated heterocycles. The van der Waals surface area contributed by atoms with Crippen molar-refractivity contribution in [1.82, 2.24) is 19.8 Å². The lowest BCUT2D eigenvalue weighted by Crippen LogP contribution is -2.50. The number of halogens is 3. The van der Waals surface area contributed by atoms with E-state index in [1.807, 2.05) is 4.90 Å². The number of carbonyl (C=O) groups is 2. The minimum atomic E-state index is -4.57. The Balaban J connectivity index is 1.31. The first-order valence-corrected chi connectivity index (χ1v) is 9.64. The number of anilines is 1. The normalized spacial score (nSPS) is 15.4. The number of benzene rings is 1. The van der Waals surface area contributed by atoms with Gasteiger partial charge in [0.25, 0.3) is 5.91 Å². The second-order valence-corrected chi connectivity index (χ2v) is 7.34. The van der Waals surface area contributed by atoms with Gasteiger partial charge in [0, 0.05) is 31.9 Å². The molecular formula is C20H20F3N5O3. The lowest BCUT2D eigenvalue weighted by molar-refractivity contribution is -0.144. The number of hydrogen-bond acceptors (Lipinski definition) is 5. The number of alkyl halides is 3. The van der Waals surface area contributed by atoms with Crippen molar-refractivity contribution < 1.29 is 27.2 Å². The molecule has 2 aromatic heterocycles. The highest BCUT2D eigenvalue weighted by atomic mass is 19.4. The zero-order valence-corrected chi connectivity index (χ0v) is 16.6. The molecule has 1 aliphatic heterocycles. The highest BCUT2D eigenvalue weighted by Gasteiger charge is 2.34. The Labute approximate surface area is 175 Å². The summed E-state index contributed by atoms with van der Waals surface area (Å²) in [6.45, 7) is 3.85. The summed E-state index contributed by atoms with van der Waals surface area (Å²) >= 11 is 0. The van der Waals surface area contributed by atoms with E-state index in [0.29, 0.717) is 43.4 Å². The molecule has 0 saturated carbocycles. The maximum Gasteiger partial charge on any atom is 0.449 e. The average Bonchev–Trinajstić information content (AvgIpc) is 3.33. The fraction of sp³-hybridized carbons (Fsp3) is 0.350. The molecular weight excluding hydrogens is 415 g/mol. The number of imidazole rings is 1. The summed E-state index contributed by atoms with van der Waals surface area (Å²) in [6.07, 6.45) is -4.57. The number of piperazine rings is 1. The molecule has 164 valence electrons. The van der Waals surface area contributed by atoms with Crippen LogP contribution in [-0.4, -0.2) is 64.3 Å². The van der Waals surface area contributed by atoms with Crippen LogP contribution in [0.5, 0.6) is 0 Å². The van der Waals surface area contributed by atoms with Crippen LogP contribution in [0.4, 0.5) is 18.9 Å². The number of aryl methyl sites for hydroxylation is 1. The van der Waals surface area contributed by atoms with Crippen LogP contribution in [0.1, 0.15) is 22.1 Å². The van der Waals surface area contributed by atoms with Crippen LogP contribution in [0.2, 0.25) is 0 Å². The highest BCUT2D eigenvalue weighted by molar-refractivity contribution is 5.94. The van der Waals surface area contributed by atoms with Crippen molar-refractivity contribution in [2.45, 2.75) is 13.1 Å². The van der Waals surface area contributed by atoms with E-state index >= 15 is 0 Å². The molecule has 8 nitrogen and oxygen atoms in total. The number of rotatable bonds is 4. The summed E-state index contributed by atoms with van der Waals surface area (Å²) in [5.41, 5.74) is 0.722. The number of nitrogens with one attached hydrogen (secondary N) is 2. The van der Waals surface area contributed by atoms with Crippen LogP contribution in [-0.2, 0) is 11.0 Å². The standard InChI is InChI=1S/C20H20F3N5O3/c1-12-2-5-16(31-12)18(30)28-8-6-27(7-9-28)11-17(29)24-13-3-4-14-15(10-13)26-19(25-14)20(21,22)23/h2-5,10H,6-9,11H2,1H3,(H,24,29)(H,25,26). The maximum atomic E-state index is 12.8. The Kier molecular flexibility index (Phi) is 5.44. The van der Waals surface area contributed by atoms with Crippen LogP contribution < -0.4 is 5.32 Å². The smallest absolute Gasteiger partial charge is 0.449 e. The second kappa shape index (κ2) is 8.06. The monoisotopic (exact) mass is 435 g/mol. The van der Waals surface area contributed by atoms with Gasteiger partial charge in [-0.2, -0.15) is 13.2 Å². The summed E-state index contributed by atoms with van der Waals surface area (Å²) in [6, 6.07) is 7.71. The fourth-order valence-electron chi connectivity index (χ4n) is 3.44. The van der Waals surface area contributed by atoms with E-state index < -0.39 is 12.0 Å². The zero-order chi connectivity index (χ0) is 22.2. The number of H-pyrrole nitrogens is 1. The summed E-state index contributed by atoms with van der Waals surface area (Å²) < 4.78 is 43.7. The van der Waals surface area contributed by atoms with Gasteiger partial charge in [-0.05, 0) is 37.3 Å². The minimum absolute atomic E-state index is 0.108. The van der Waals surface area contributed by atoms with Crippen LogP contribution in [0, 0.1) is 6.92 Å². The second-order valence-electron chi connectivity index (χ2n) is 7.34. The van der Waals surface area contributed by atoms with Crippen molar-refractivity contribution >= 4 is 28.5 Å². The van der Waals surface area contributed by atoms with Crippen LogP contribution >= 0.6 is 0 Å². The Morgan fingerprint density at radius 2 is 1.90 bits per heavy atom. The van der Waals surface area contributed by atoms with Crippen LogP contribution in [0.15, 0.2) is 34.7 Å². The van der Waals surface area contributed by atoms with E-state index in [1.54, 1.807) is 24.0 Å². The predicted octanol–water partition coefficient (Wildman–Crippen LogP) is 2.88. The molecule has 0 spiro atoms. The van der Waals surface area contributed by atoms with Gasteiger partial charge in [0.1, 0.15) is 5.76 Å². The van der Waals surface area contributed by atoms with Crippen molar-refractivity contribution in [3.63, 3.8) is 0 Å². The highest BCUT2D eigenvalue weighted by Crippen LogP contribution is 2.29. The van der Waals surface area contributed by atoms with Gasteiger partial charge in [-0.3, -0.25) is 14.5 Å². The first-order chi connectivity index (χ1) is 14.7. The lowest BCUT2D eigenvalue weighted by Gasteiger charge is -2.33. The summed E-state index contributed by atoms with van der Waals surface area (Å²) in [7, 11) is 0. The molecule has 3 heterocycles. The van der Waals surface area contributed by atoms with E-state index in [4.69, 9.17) is 4.42 Å². The van der Waals surface area contributed by atoms with E-state index in [0.717, 1.165) is 0 Å². The molecule has 0 radical (unpaired) electrons. The van der Waals surface area contributed by atoms with E-state index in [2.05, 4.69) is 15.3 Å². The fourth-order valence-corrected chi connectivity index (χ4v) is 3.44. The Morgan fingerprint density at radius 1 is 1.16 bits per heavy atom. The van der Waals surface area contributed by atoms with Gasteiger partial charge in [0.05, 0.1) is 17.6 Å². The summed E-state index contributed by atoms with van der Waals surface area (Å²) in [4.78, 5) is 34.1. The first kappa shape index (κ1) is 20.9. The van der Waals surface area contributed by atoms with E-state index in [-0.39, 0.29) is 29.4 Å². The number of aromatic amines is 1. The number of nitrogens with zero attached hydrogens (tertiary/aromatic N) is 3. The predicted molar refractivity (Wildman–Crippen MR) is 106 cm³/mol. The Bertz CT molecular complexity index is 1110. The van der Waals surface area contributed by atoms with Gasteiger partial charge in [-0.15, -0.1) is 0 Å². The van der Waals surface area contributed by atoms with Crippen molar-refractivity contribution in [2.24, 2.45) is 0 Å². The van der Waals surface area contributed by atoms with E-state index in [1.165, 1.54) is 18.2 Å². The molecule has 1 aromatic carbocycles. The van der Waals surface area contributed by atoms with Gasteiger partial charge in [0.15, 0.2) is 5.76 Å². The van der Waals surface area contributed by atoms with Crippen LogP contribution in [0.3, 0.4) is 0 Å². The van der Waals surface area contributed by atoms with Crippen molar-refractivity contribution in [1.29, 1.82) is 0 Å². The molecule has 1 aliphatic rings.